The Kier molecular flexibility index (Phi) is 4.92. The molecule has 1 aliphatic rings. The number of aliphatic hydroxyl groups excluding tert-OH is 1. The Morgan fingerprint density at radius 2 is 1.53 bits per heavy atom. The van der Waals surface area contributed by atoms with E-state index in [1.54, 1.807) is 53.1 Å². The lowest BCUT2D eigenvalue weighted by molar-refractivity contribution is 0.0909. The molecule has 32 heavy (non-hydrogen) atoms. The molecule has 158 valence electrons. The maximum absolute atomic E-state index is 13.4. The van der Waals surface area contributed by atoms with Crippen LogP contribution >= 0.6 is 0 Å². The Balaban J connectivity index is 1.60. The first-order valence-electron chi connectivity index (χ1n) is 10.4. The van der Waals surface area contributed by atoms with Crippen molar-refractivity contribution >= 4 is 23.0 Å². The number of nitrogens with zero attached hydrogens (tertiary/aromatic N) is 1. The van der Waals surface area contributed by atoms with E-state index in [9.17, 15) is 19.5 Å². The zero-order valence-corrected chi connectivity index (χ0v) is 17.1. The van der Waals surface area contributed by atoms with Crippen LogP contribution < -0.4 is 5.32 Å². The number of amides is 1. The lowest BCUT2D eigenvalue weighted by atomic mass is 9.86. The van der Waals surface area contributed by atoms with E-state index in [1.165, 1.54) is 0 Å². The van der Waals surface area contributed by atoms with Gasteiger partial charge in [-0.2, -0.15) is 0 Å². The van der Waals surface area contributed by atoms with E-state index in [0.29, 0.717) is 17.5 Å². The van der Waals surface area contributed by atoms with Gasteiger partial charge in [0, 0.05) is 17.3 Å². The van der Waals surface area contributed by atoms with Crippen molar-refractivity contribution < 1.29 is 19.5 Å². The third kappa shape index (κ3) is 3.13. The van der Waals surface area contributed by atoms with Crippen LogP contribution in [-0.2, 0) is 6.42 Å². The fourth-order valence-corrected chi connectivity index (χ4v) is 4.34. The van der Waals surface area contributed by atoms with E-state index in [0.717, 1.165) is 5.56 Å². The van der Waals surface area contributed by atoms with Crippen molar-refractivity contribution in [2.45, 2.75) is 12.5 Å². The second-order valence-corrected chi connectivity index (χ2v) is 7.80. The molecule has 6 heteroatoms. The summed E-state index contributed by atoms with van der Waals surface area (Å²) in [5, 5.41) is 12.7. The normalized spacial score (nSPS) is 13.5. The number of aliphatic hydroxyl groups is 1. The van der Waals surface area contributed by atoms with Gasteiger partial charge in [-0.25, -0.2) is 0 Å². The molecule has 6 nitrogen and oxygen atoms in total. The van der Waals surface area contributed by atoms with Crippen molar-refractivity contribution in [2.24, 2.45) is 0 Å². The van der Waals surface area contributed by atoms with E-state index in [2.05, 4.69) is 5.32 Å². The average Bonchev–Trinajstić information content (AvgIpc) is 3.18. The standard InChI is InChI=1S/C26H20N2O4/c29-15-17(14-16-8-2-1-3-9-16)27-26(32)21-20-12-6-7-13-28(20)23-22(21)24(30)18-10-4-5-11-19(18)25(23)31/h1-13,17,29H,14-15H2,(H,27,32)/t17-/m0/s1. The zero-order chi connectivity index (χ0) is 22.2. The second-order valence-electron chi connectivity index (χ2n) is 7.80. The largest absolute Gasteiger partial charge is 0.394 e. The van der Waals surface area contributed by atoms with Gasteiger partial charge in [-0.1, -0.05) is 60.7 Å². The molecule has 5 rings (SSSR count). The summed E-state index contributed by atoms with van der Waals surface area (Å²) in [5.41, 5.74) is 2.51. The molecule has 1 atom stereocenters. The first-order chi connectivity index (χ1) is 15.6. The third-order valence-electron chi connectivity index (χ3n) is 5.81. The summed E-state index contributed by atoms with van der Waals surface area (Å²) >= 11 is 0. The lowest BCUT2D eigenvalue weighted by Crippen LogP contribution is -2.39. The average molecular weight is 424 g/mol. The van der Waals surface area contributed by atoms with Gasteiger partial charge in [0.1, 0.15) is 5.69 Å². The molecule has 2 aromatic carbocycles. The molecule has 1 amide bonds. The molecule has 2 N–H and O–H groups in total. The number of carbonyl (C=O) groups excluding carboxylic acids is 3. The molecular weight excluding hydrogens is 404 g/mol. The minimum absolute atomic E-state index is 0.105. The number of hydrogen-bond donors (Lipinski definition) is 2. The third-order valence-corrected chi connectivity index (χ3v) is 5.81. The SMILES string of the molecule is O=C1c2ccccc2C(=O)c2c1c(C(=O)N[C@H](CO)Cc1ccccc1)c1ccccn21. The number of rotatable bonds is 5. The number of carbonyl (C=O) groups is 3. The van der Waals surface area contributed by atoms with Crippen LogP contribution in [-0.4, -0.2) is 39.6 Å². The summed E-state index contributed by atoms with van der Waals surface area (Å²) in [6.07, 6.45) is 2.12. The number of fused-ring (bicyclic) bond motifs is 4. The van der Waals surface area contributed by atoms with Crippen molar-refractivity contribution in [3.63, 3.8) is 0 Å². The fourth-order valence-electron chi connectivity index (χ4n) is 4.34. The molecule has 0 bridgehead atoms. The van der Waals surface area contributed by atoms with Gasteiger partial charge >= 0.3 is 0 Å². The fraction of sp³-hybridized carbons (Fsp3) is 0.115. The molecule has 2 aromatic heterocycles. The van der Waals surface area contributed by atoms with Gasteiger partial charge in [-0.15, -0.1) is 0 Å². The van der Waals surface area contributed by atoms with Crippen LogP contribution in [0.25, 0.3) is 5.52 Å². The molecule has 2 heterocycles. The number of benzene rings is 2. The molecule has 4 aromatic rings. The molecule has 0 fully saturated rings. The molecule has 0 unspecified atom stereocenters. The monoisotopic (exact) mass is 424 g/mol. The highest BCUT2D eigenvalue weighted by Crippen LogP contribution is 2.33. The Bertz CT molecular complexity index is 1370. The maximum atomic E-state index is 13.4. The number of ketones is 2. The van der Waals surface area contributed by atoms with Gasteiger partial charge in [0.15, 0.2) is 5.78 Å². The summed E-state index contributed by atoms with van der Waals surface area (Å²) in [6.45, 7) is -0.260. The first kappa shape index (κ1) is 19.9. The van der Waals surface area contributed by atoms with Gasteiger partial charge in [0.25, 0.3) is 5.91 Å². The maximum Gasteiger partial charge on any atom is 0.254 e. The summed E-state index contributed by atoms with van der Waals surface area (Å²) in [6, 6.07) is 20.9. The highest BCUT2D eigenvalue weighted by atomic mass is 16.3. The van der Waals surface area contributed by atoms with E-state index >= 15 is 0 Å². The van der Waals surface area contributed by atoms with Gasteiger partial charge in [0.2, 0.25) is 5.78 Å². The Morgan fingerprint density at radius 1 is 0.875 bits per heavy atom. The van der Waals surface area contributed by atoms with E-state index in [-0.39, 0.29) is 40.6 Å². The van der Waals surface area contributed by atoms with E-state index in [1.807, 2.05) is 30.3 Å². The van der Waals surface area contributed by atoms with E-state index < -0.39 is 11.9 Å². The smallest absolute Gasteiger partial charge is 0.254 e. The van der Waals surface area contributed by atoms with Gasteiger partial charge in [-0.3, -0.25) is 14.4 Å². The molecule has 0 radical (unpaired) electrons. The molecule has 1 aliphatic carbocycles. The Hall–Kier alpha value is -4.03. The van der Waals surface area contributed by atoms with Gasteiger partial charge in [-0.05, 0) is 24.1 Å². The van der Waals surface area contributed by atoms with Crippen molar-refractivity contribution in [2.75, 3.05) is 6.61 Å². The Labute approximate surface area is 184 Å². The number of pyridine rings is 1. The van der Waals surface area contributed by atoms with Crippen LogP contribution in [0.2, 0.25) is 0 Å². The molecule has 0 aliphatic heterocycles. The van der Waals surface area contributed by atoms with Crippen molar-refractivity contribution in [1.29, 1.82) is 0 Å². The summed E-state index contributed by atoms with van der Waals surface area (Å²) in [7, 11) is 0. The van der Waals surface area contributed by atoms with Crippen LogP contribution in [0, 0.1) is 0 Å². The molecule has 0 saturated carbocycles. The van der Waals surface area contributed by atoms with Gasteiger partial charge in [0.05, 0.1) is 29.3 Å². The number of aromatic nitrogens is 1. The number of nitrogens with one attached hydrogen (secondary N) is 1. The highest BCUT2D eigenvalue weighted by molar-refractivity contribution is 6.32. The summed E-state index contributed by atoms with van der Waals surface area (Å²) in [5.74, 6) is -1.14. The topological polar surface area (TPSA) is 87.9 Å². The van der Waals surface area contributed by atoms with Crippen LogP contribution in [0.1, 0.15) is 47.9 Å². The molecular formula is C26H20N2O4. The van der Waals surface area contributed by atoms with Crippen LogP contribution in [0.15, 0.2) is 79.0 Å². The predicted molar refractivity (Wildman–Crippen MR) is 119 cm³/mol. The van der Waals surface area contributed by atoms with Crippen molar-refractivity contribution in [1.82, 2.24) is 9.72 Å². The Morgan fingerprint density at radius 3 is 2.25 bits per heavy atom. The second kappa shape index (κ2) is 7.90. The zero-order valence-electron chi connectivity index (χ0n) is 17.1. The predicted octanol–water partition coefficient (Wildman–Crippen LogP) is 3.05. The first-order valence-corrected chi connectivity index (χ1v) is 10.4. The van der Waals surface area contributed by atoms with Crippen LogP contribution in [0.3, 0.4) is 0 Å². The quantitative estimate of drug-likeness (QED) is 0.454. The van der Waals surface area contributed by atoms with Crippen LogP contribution in [0.5, 0.6) is 0 Å². The molecule has 0 spiro atoms. The number of hydrogen-bond acceptors (Lipinski definition) is 4. The highest BCUT2D eigenvalue weighted by Gasteiger charge is 2.37. The summed E-state index contributed by atoms with van der Waals surface area (Å²) in [4.78, 5) is 40.1. The van der Waals surface area contributed by atoms with E-state index in [4.69, 9.17) is 0 Å². The minimum Gasteiger partial charge on any atom is -0.394 e. The summed E-state index contributed by atoms with van der Waals surface area (Å²) < 4.78 is 1.60. The van der Waals surface area contributed by atoms with Crippen molar-refractivity contribution in [3.8, 4) is 0 Å². The molecule has 0 saturated heterocycles. The van der Waals surface area contributed by atoms with Crippen molar-refractivity contribution in [3.05, 3.63) is 113 Å². The lowest BCUT2D eigenvalue weighted by Gasteiger charge is -2.18. The minimum atomic E-state index is -0.541. The van der Waals surface area contributed by atoms with Crippen LogP contribution in [0.4, 0.5) is 0 Å². The van der Waals surface area contributed by atoms with Gasteiger partial charge < -0.3 is 14.8 Å².